The fourth-order valence-corrected chi connectivity index (χ4v) is 3.50. The number of aryl methyl sites for hydroxylation is 1. The van der Waals surface area contributed by atoms with Gasteiger partial charge in [0.1, 0.15) is 0 Å². The van der Waals surface area contributed by atoms with E-state index in [0.717, 1.165) is 28.7 Å². The van der Waals surface area contributed by atoms with E-state index in [1.807, 2.05) is 13.0 Å². The van der Waals surface area contributed by atoms with Crippen LogP contribution < -0.4 is 0 Å². The molecule has 3 heteroatoms. The van der Waals surface area contributed by atoms with Gasteiger partial charge in [0, 0.05) is 17.1 Å². The maximum atomic E-state index is 10.0. The van der Waals surface area contributed by atoms with Crippen LogP contribution in [0.2, 0.25) is 0 Å². The Bertz CT molecular complexity index is 626. The Kier molecular flexibility index (Phi) is 4.22. The summed E-state index contributed by atoms with van der Waals surface area (Å²) >= 11 is 0. The summed E-state index contributed by atoms with van der Waals surface area (Å²) in [4.78, 5) is 7.17. The molecule has 2 atom stereocenters. The SMILES string of the molecule is Cc1ccc2cccc([C@H](CO)N3CCCC[C@H]3C)c2n1. The molecule has 1 aliphatic heterocycles. The van der Waals surface area contributed by atoms with E-state index in [1.165, 1.54) is 19.3 Å². The van der Waals surface area contributed by atoms with Gasteiger partial charge in [0.2, 0.25) is 0 Å². The quantitative estimate of drug-likeness (QED) is 0.938. The Labute approximate surface area is 126 Å². The van der Waals surface area contributed by atoms with Crippen molar-refractivity contribution in [1.82, 2.24) is 9.88 Å². The standard InChI is InChI=1S/C18H24N2O/c1-13-9-10-15-7-5-8-16(18(15)19-13)17(12-21)20-11-4-3-6-14(20)2/h5,7-10,14,17,21H,3-4,6,11-12H2,1-2H3/t14-,17+/m1/s1. The first kappa shape index (κ1) is 14.5. The van der Waals surface area contributed by atoms with Crippen molar-refractivity contribution in [3.8, 4) is 0 Å². The summed E-state index contributed by atoms with van der Waals surface area (Å²) in [5.74, 6) is 0. The van der Waals surface area contributed by atoms with Crippen LogP contribution in [0.25, 0.3) is 10.9 Å². The Balaban J connectivity index is 2.06. The number of para-hydroxylation sites is 1. The smallest absolute Gasteiger partial charge is 0.0753 e. The first-order chi connectivity index (χ1) is 10.2. The van der Waals surface area contributed by atoms with Crippen molar-refractivity contribution >= 4 is 10.9 Å². The largest absolute Gasteiger partial charge is 0.394 e. The molecule has 0 spiro atoms. The molecule has 112 valence electrons. The third-order valence-corrected chi connectivity index (χ3v) is 4.68. The number of aliphatic hydroxyl groups excluding tert-OH is 1. The lowest BCUT2D eigenvalue weighted by Gasteiger charge is -2.39. The van der Waals surface area contributed by atoms with Gasteiger partial charge in [-0.3, -0.25) is 9.88 Å². The summed E-state index contributed by atoms with van der Waals surface area (Å²) in [6, 6.07) is 11.0. The average molecular weight is 284 g/mol. The van der Waals surface area contributed by atoms with Crippen molar-refractivity contribution in [3.63, 3.8) is 0 Å². The monoisotopic (exact) mass is 284 g/mol. The molecule has 1 aromatic heterocycles. The lowest BCUT2D eigenvalue weighted by molar-refractivity contribution is 0.0650. The molecule has 1 aliphatic rings. The molecule has 21 heavy (non-hydrogen) atoms. The molecule has 0 aliphatic carbocycles. The molecule has 3 rings (SSSR count). The molecule has 0 saturated carbocycles. The number of fused-ring (bicyclic) bond motifs is 1. The summed E-state index contributed by atoms with van der Waals surface area (Å²) in [6.45, 7) is 5.51. The van der Waals surface area contributed by atoms with Gasteiger partial charge in [-0.1, -0.05) is 30.7 Å². The van der Waals surface area contributed by atoms with Gasteiger partial charge < -0.3 is 5.11 Å². The minimum Gasteiger partial charge on any atom is -0.394 e. The maximum Gasteiger partial charge on any atom is 0.0753 e. The highest BCUT2D eigenvalue weighted by molar-refractivity contribution is 5.82. The first-order valence-corrected chi connectivity index (χ1v) is 7.93. The summed E-state index contributed by atoms with van der Waals surface area (Å²) in [5, 5.41) is 11.2. The zero-order valence-electron chi connectivity index (χ0n) is 12.9. The highest BCUT2D eigenvalue weighted by atomic mass is 16.3. The van der Waals surface area contributed by atoms with Crippen molar-refractivity contribution in [3.05, 3.63) is 41.6 Å². The van der Waals surface area contributed by atoms with Gasteiger partial charge in [0.15, 0.2) is 0 Å². The van der Waals surface area contributed by atoms with Crippen molar-refractivity contribution in [2.45, 2.75) is 45.2 Å². The summed E-state index contributed by atoms with van der Waals surface area (Å²) in [7, 11) is 0. The van der Waals surface area contributed by atoms with Crippen molar-refractivity contribution in [1.29, 1.82) is 0 Å². The number of rotatable bonds is 3. The molecule has 3 nitrogen and oxygen atoms in total. The topological polar surface area (TPSA) is 36.4 Å². The van der Waals surface area contributed by atoms with Crippen LogP contribution in [0.15, 0.2) is 30.3 Å². The summed E-state index contributed by atoms with van der Waals surface area (Å²) in [6.07, 6.45) is 3.73. The number of piperidine rings is 1. The van der Waals surface area contributed by atoms with E-state index in [-0.39, 0.29) is 12.6 Å². The molecular formula is C18H24N2O. The normalized spacial score (nSPS) is 21.6. The van der Waals surface area contributed by atoms with Gasteiger partial charge >= 0.3 is 0 Å². The molecule has 1 N–H and O–H groups in total. The number of pyridine rings is 1. The van der Waals surface area contributed by atoms with Crippen molar-refractivity contribution < 1.29 is 5.11 Å². The van der Waals surface area contributed by atoms with E-state index in [0.29, 0.717) is 6.04 Å². The number of likely N-dealkylation sites (tertiary alicyclic amines) is 1. The molecule has 1 fully saturated rings. The Morgan fingerprint density at radius 1 is 1.29 bits per heavy atom. The predicted molar refractivity (Wildman–Crippen MR) is 86.3 cm³/mol. The molecule has 1 aromatic carbocycles. The fraction of sp³-hybridized carbons (Fsp3) is 0.500. The number of benzene rings is 1. The molecule has 2 heterocycles. The van der Waals surface area contributed by atoms with E-state index >= 15 is 0 Å². The van der Waals surface area contributed by atoms with E-state index in [4.69, 9.17) is 4.98 Å². The minimum atomic E-state index is 0.0540. The van der Waals surface area contributed by atoms with Crippen LogP contribution in [0.4, 0.5) is 0 Å². The number of aliphatic hydroxyl groups is 1. The van der Waals surface area contributed by atoms with Crippen LogP contribution in [0.1, 0.15) is 43.5 Å². The van der Waals surface area contributed by atoms with Crippen LogP contribution in [-0.4, -0.2) is 34.2 Å². The van der Waals surface area contributed by atoms with Crippen LogP contribution in [0.5, 0.6) is 0 Å². The Hall–Kier alpha value is -1.45. The lowest BCUT2D eigenvalue weighted by Crippen LogP contribution is -2.41. The zero-order chi connectivity index (χ0) is 14.8. The van der Waals surface area contributed by atoms with Crippen LogP contribution in [0, 0.1) is 6.92 Å². The van der Waals surface area contributed by atoms with Gasteiger partial charge in [-0.05, 0) is 44.9 Å². The first-order valence-electron chi connectivity index (χ1n) is 7.93. The highest BCUT2D eigenvalue weighted by Gasteiger charge is 2.28. The van der Waals surface area contributed by atoms with Gasteiger partial charge in [-0.25, -0.2) is 0 Å². The van der Waals surface area contributed by atoms with Gasteiger partial charge in [-0.15, -0.1) is 0 Å². The molecule has 0 unspecified atom stereocenters. The minimum absolute atomic E-state index is 0.0540. The van der Waals surface area contributed by atoms with Gasteiger partial charge in [0.25, 0.3) is 0 Å². The lowest BCUT2D eigenvalue weighted by atomic mass is 9.96. The Morgan fingerprint density at radius 2 is 2.14 bits per heavy atom. The number of aromatic nitrogens is 1. The third kappa shape index (κ3) is 2.81. The summed E-state index contributed by atoms with van der Waals surface area (Å²) < 4.78 is 0. The zero-order valence-corrected chi connectivity index (χ0v) is 12.9. The van der Waals surface area contributed by atoms with Crippen LogP contribution >= 0.6 is 0 Å². The predicted octanol–water partition coefficient (Wildman–Crippen LogP) is 3.45. The van der Waals surface area contributed by atoms with Crippen molar-refractivity contribution in [2.24, 2.45) is 0 Å². The second kappa shape index (κ2) is 6.12. The third-order valence-electron chi connectivity index (χ3n) is 4.68. The molecular weight excluding hydrogens is 260 g/mol. The Morgan fingerprint density at radius 3 is 2.90 bits per heavy atom. The van der Waals surface area contributed by atoms with E-state index < -0.39 is 0 Å². The van der Waals surface area contributed by atoms with Crippen LogP contribution in [-0.2, 0) is 0 Å². The number of hydrogen-bond acceptors (Lipinski definition) is 3. The molecule has 0 bridgehead atoms. The highest BCUT2D eigenvalue weighted by Crippen LogP contribution is 2.31. The molecule has 1 saturated heterocycles. The van der Waals surface area contributed by atoms with Crippen molar-refractivity contribution in [2.75, 3.05) is 13.2 Å². The molecule has 0 amide bonds. The van der Waals surface area contributed by atoms with Gasteiger partial charge in [0.05, 0.1) is 18.2 Å². The number of hydrogen-bond donors (Lipinski definition) is 1. The number of nitrogens with zero attached hydrogens (tertiary/aromatic N) is 2. The molecule has 2 aromatic rings. The van der Waals surface area contributed by atoms with Crippen LogP contribution in [0.3, 0.4) is 0 Å². The second-order valence-corrected chi connectivity index (χ2v) is 6.15. The fourth-order valence-electron chi connectivity index (χ4n) is 3.50. The van der Waals surface area contributed by atoms with E-state index in [1.54, 1.807) is 0 Å². The average Bonchev–Trinajstić information content (AvgIpc) is 2.50. The van der Waals surface area contributed by atoms with E-state index in [2.05, 4.69) is 36.1 Å². The summed E-state index contributed by atoms with van der Waals surface area (Å²) in [5.41, 5.74) is 3.22. The van der Waals surface area contributed by atoms with E-state index in [9.17, 15) is 5.11 Å². The second-order valence-electron chi connectivity index (χ2n) is 6.15. The molecule has 0 radical (unpaired) electrons. The maximum absolute atomic E-state index is 10.0. The van der Waals surface area contributed by atoms with Gasteiger partial charge in [-0.2, -0.15) is 0 Å².